The molecule has 1 N–H and O–H groups in total. The molecule has 1 aliphatic rings. The minimum atomic E-state index is -3.79. The number of carbonyl (C=O) groups is 1. The van der Waals surface area contributed by atoms with Gasteiger partial charge in [0.25, 0.3) is 5.91 Å². The van der Waals surface area contributed by atoms with Gasteiger partial charge >= 0.3 is 0 Å². The molecule has 0 aliphatic carbocycles. The molecule has 0 spiro atoms. The molecule has 0 aromatic heterocycles. The van der Waals surface area contributed by atoms with E-state index in [1.807, 2.05) is 26.8 Å². The van der Waals surface area contributed by atoms with Crippen LogP contribution in [0.5, 0.6) is 0 Å². The maximum atomic E-state index is 14.4. The van der Waals surface area contributed by atoms with Crippen LogP contribution in [0.2, 0.25) is 0 Å². The van der Waals surface area contributed by atoms with Crippen molar-refractivity contribution in [3.63, 3.8) is 0 Å². The molecular formula is C21H26FN3O3S. The molecule has 0 unspecified atom stereocenters. The van der Waals surface area contributed by atoms with Gasteiger partial charge in [0.05, 0.1) is 10.5 Å². The van der Waals surface area contributed by atoms with Gasteiger partial charge in [-0.3, -0.25) is 4.79 Å². The Kier molecular flexibility index (Phi) is 6.36. The minimum absolute atomic E-state index is 0.0741. The fourth-order valence-electron chi connectivity index (χ4n) is 3.35. The van der Waals surface area contributed by atoms with E-state index >= 15 is 0 Å². The van der Waals surface area contributed by atoms with E-state index in [1.54, 1.807) is 12.1 Å². The summed E-state index contributed by atoms with van der Waals surface area (Å²) in [7, 11) is -3.79. The Bertz CT molecular complexity index is 1020. The maximum absolute atomic E-state index is 14.4. The van der Waals surface area contributed by atoms with Crippen LogP contribution in [0, 0.1) is 19.7 Å². The first-order valence-electron chi connectivity index (χ1n) is 9.63. The normalized spacial score (nSPS) is 16.0. The summed E-state index contributed by atoms with van der Waals surface area (Å²) >= 11 is 0. The number of sulfonamides is 1. The average molecular weight is 420 g/mol. The van der Waals surface area contributed by atoms with Gasteiger partial charge in [-0.05, 0) is 55.8 Å². The largest absolute Gasteiger partial charge is 0.322 e. The minimum Gasteiger partial charge on any atom is -0.322 e. The standard InChI is InChI=1S/C21H26FN3O3S/c1-4-24-10-12-25(13-11-24)29(27,28)17-8-9-19(22)18(14-17)21(26)23-20-7-5-6-15(2)16(20)3/h5-9,14H,4,10-13H2,1-3H3,(H,23,26). The highest BCUT2D eigenvalue weighted by molar-refractivity contribution is 7.89. The second-order valence-corrected chi connectivity index (χ2v) is 9.12. The second-order valence-electron chi connectivity index (χ2n) is 7.18. The number of amides is 1. The molecule has 1 saturated heterocycles. The van der Waals surface area contributed by atoms with Crippen LogP contribution in [0.15, 0.2) is 41.3 Å². The molecule has 8 heteroatoms. The summed E-state index contributed by atoms with van der Waals surface area (Å²) in [6.07, 6.45) is 0. The summed E-state index contributed by atoms with van der Waals surface area (Å²) in [5.41, 5.74) is 2.14. The molecule has 0 saturated carbocycles. The van der Waals surface area contributed by atoms with Crippen LogP contribution in [0.4, 0.5) is 10.1 Å². The number of rotatable bonds is 5. The topological polar surface area (TPSA) is 69.7 Å². The number of hydrogen-bond acceptors (Lipinski definition) is 4. The van der Waals surface area contributed by atoms with Gasteiger partial charge in [0.1, 0.15) is 5.82 Å². The van der Waals surface area contributed by atoms with Crippen molar-refractivity contribution in [1.82, 2.24) is 9.21 Å². The summed E-state index contributed by atoms with van der Waals surface area (Å²) in [5, 5.41) is 2.69. The number of aryl methyl sites for hydroxylation is 1. The maximum Gasteiger partial charge on any atom is 0.258 e. The highest BCUT2D eigenvalue weighted by atomic mass is 32.2. The van der Waals surface area contributed by atoms with Crippen molar-refractivity contribution < 1.29 is 17.6 Å². The summed E-state index contributed by atoms with van der Waals surface area (Å²) in [6, 6.07) is 8.81. The van der Waals surface area contributed by atoms with Crippen LogP contribution in [0.25, 0.3) is 0 Å². The van der Waals surface area contributed by atoms with Crippen LogP contribution in [-0.4, -0.2) is 56.3 Å². The number of nitrogens with one attached hydrogen (secondary N) is 1. The average Bonchev–Trinajstić information content (AvgIpc) is 2.71. The summed E-state index contributed by atoms with van der Waals surface area (Å²) in [5.74, 6) is -1.44. The third-order valence-electron chi connectivity index (χ3n) is 5.45. The number of likely N-dealkylation sites (N-methyl/N-ethyl adjacent to an activating group) is 1. The van der Waals surface area contributed by atoms with Gasteiger partial charge in [-0.15, -0.1) is 0 Å². The molecule has 1 fully saturated rings. The van der Waals surface area contributed by atoms with Crippen molar-refractivity contribution in [2.45, 2.75) is 25.7 Å². The number of hydrogen-bond donors (Lipinski definition) is 1. The van der Waals surface area contributed by atoms with E-state index in [0.717, 1.165) is 29.8 Å². The SMILES string of the molecule is CCN1CCN(S(=O)(=O)c2ccc(F)c(C(=O)Nc3cccc(C)c3C)c2)CC1. The van der Waals surface area contributed by atoms with E-state index < -0.39 is 21.7 Å². The molecule has 1 amide bonds. The molecule has 29 heavy (non-hydrogen) atoms. The van der Waals surface area contributed by atoms with Crippen LogP contribution in [0.1, 0.15) is 28.4 Å². The molecule has 0 radical (unpaired) electrons. The van der Waals surface area contributed by atoms with E-state index in [0.29, 0.717) is 31.9 Å². The summed E-state index contributed by atoms with van der Waals surface area (Å²) in [4.78, 5) is 14.8. The number of carbonyl (C=O) groups excluding carboxylic acids is 1. The van der Waals surface area contributed by atoms with E-state index in [9.17, 15) is 17.6 Å². The zero-order valence-corrected chi connectivity index (χ0v) is 17.7. The Morgan fingerprint density at radius 3 is 2.45 bits per heavy atom. The van der Waals surface area contributed by atoms with Crippen molar-refractivity contribution in [1.29, 1.82) is 0 Å². The monoisotopic (exact) mass is 419 g/mol. The van der Waals surface area contributed by atoms with Gasteiger partial charge in [-0.1, -0.05) is 19.1 Å². The van der Waals surface area contributed by atoms with Gasteiger partial charge in [-0.2, -0.15) is 4.31 Å². The van der Waals surface area contributed by atoms with Crippen LogP contribution in [-0.2, 0) is 10.0 Å². The number of nitrogens with zero attached hydrogens (tertiary/aromatic N) is 2. The highest BCUT2D eigenvalue weighted by Crippen LogP contribution is 2.23. The number of benzene rings is 2. The molecule has 1 heterocycles. The first-order valence-corrected chi connectivity index (χ1v) is 11.1. The van der Waals surface area contributed by atoms with Gasteiger partial charge in [-0.25, -0.2) is 12.8 Å². The Hall–Kier alpha value is -2.29. The Balaban J connectivity index is 1.86. The molecule has 2 aromatic carbocycles. The number of piperazine rings is 1. The lowest BCUT2D eigenvalue weighted by atomic mass is 10.1. The first kappa shape index (κ1) is 21.4. The molecule has 0 bridgehead atoms. The fourth-order valence-corrected chi connectivity index (χ4v) is 4.80. The number of halogens is 1. The van der Waals surface area contributed by atoms with Crippen LogP contribution in [0.3, 0.4) is 0 Å². The van der Waals surface area contributed by atoms with Gasteiger partial charge in [0.2, 0.25) is 10.0 Å². The third-order valence-corrected chi connectivity index (χ3v) is 7.35. The Labute approximate surface area is 171 Å². The zero-order valence-electron chi connectivity index (χ0n) is 16.9. The predicted octanol–water partition coefficient (Wildman–Crippen LogP) is 3.02. The molecule has 156 valence electrons. The van der Waals surface area contributed by atoms with E-state index in [2.05, 4.69) is 10.2 Å². The van der Waals surface area contributed by atoms with E-state index in [-0.39, 0.29) is 10.5 Å². The molecule has 3 rings (SSSR count). The highest BCUT2D eigenvalue weighted by Gasteiger charge is 2.29. The first-order chi connectivity index (χ1) is 13.7. The van der Waals surface area contributed by atoms with Crippen LogP contribution < -0.4 is 5.32 Å². The predicted molar refractivity (Wildman–Crippen MR) is 111 cm³/mol. The molecular weight excluding hydrogens is 393 g/mol. The zero-order chi connectivity index (χ0) is 21.2. The van der Waals surface area contributed by atoms with Gasteiger partial charge in [0, 0.05) is 31.9 Å². The van der Waals surface area contributed by atoms with Crippen molar-refractivity contribution in [2.24, 2.45) is 0 Å². The van der Waals surface area contributed by atoms with E-state index in [4.69, 9.17) is 0 Å². The number of anilines is 1. The second kappa shape index (κ2) is 8.61. The summed E-state index contributed by atoms with van der Waals surface area (Å²) in [6.45, 7) is 8.72. The van der Waals surface area contributed by atoms with Crippen molar-refractivity contribution in [3.05, 3.63) is 58.9 Å². The quantitative estimate of drug-likeness (QED) is 0.809. The van der Waals surface area contributed by atoms with Gasteiger partial charge < -0.3 is 10.2 Å². The molecule has 6 nitrogen and oxygen atoms in total. The Morgan fingerprint density at radius 2 is 1.79 bits per heavy atom. The lowest BCUT2D eigenvalue weighted by Crippen LogP contribution is -2.48. The third kappa shape index (κ3) is 4.49. The summed E-state index contributed by atoms with van der Waals surface area (Å²) < 4.78 is 41.7. The van der Waals surface area contributed by atoms with Gasteiger partial charge in [0.15, 0.2) is 0 Å². The lowest BCUT2D eigenvalue weighted by Gasteiger charge is -2.33. The van der Waals surface area contributed by atoms with Crippen LogP contribution >= 0.6 is 0 Å². The van der Waals surface area contributed by atoms with Crippen molar-refractivity contribution in [2.75, 3.05) is 38.0 Å². The van der Waals surface area contributed by atoms with Crippen molar-refractivity contribution in [3.8, 4) is 0 Å². The molecule has 2 aromatic rings. The molecule has 0 atom stereocenters. The van der Waals surface area contributed by atoms with E-state index in [1.165, 1.54) is 10.4 Å². The Morgan fingerprint density at radius 1 is 1.10 bits per heavy atom. The molecule has 1 aliphatic heterocycles. The smallest absolute Gasteiger partial charge is 0.258 e. The van der Waals surface area contributed by atoms with Crippen molar-refractivity contribution >= 4 is 21.6 Å². The lowest BCUT2D eigenvalue weighted by molar-refractivity contribution is 0.102. The fraction of sp³-hybridized carbons (Fsp3) is 0.381.